The number of rotatable bonds is 2. The Morgan fingerprint density at radius 1 is 1.28 bits per heavy atom. The van der Waals surface area contributed by atoms with Crippen LogP contribution in [0.4, 0.5) is 4.39 Å². The quantitative estimate of drug-likeness (QED) is 0.815. The normalized spacial score (nSPS) is 25.7. The fraction of sp³-hybridized carbons (Fsp3) is 0.214. The van der Waals surface area contributed by atoms with Gasteiger partial charge >= 0.3 is 0 Å². The minimum absolute atomic E-state index is 0.00421. The SMILES string of the molecule is COC1C=CC=C2SC(c3ccc(F)cc3)=NC21. The van der Waals surface area contributed by atoms with Gasteiger partial charge in [0.25, 0.3) is 0 Å². The predicted octanol–water partition coefficient (Wildman–Crippen LogP) is 3.16. The second-order valence-electron chi connectivity index (χ2n) is 4.14. The lowest BCUT2D eigenvalue weighted by molar-refractivity contribution is 0.130. The Hall–Kier alpha value is -1.39. The van der Waals surface area contributed by atoms with Crippen molar-refractivity contribution in [2.75, 3.05) is 7.11 Å². The Labute approximate surface area is 109 Å². The van der Waals surface area contributed by atoms with E-state index in [1.165, 1.54) is 17.0 Å². The Bertz CT molecular complexity index is 547. The van der Waals surface area contributed by atoms with Crippen LogP contribution in [0, 0.1) is 5.82 Å². The zero-order valence-corrected chi connectivity index (χ0v) is 10.7. The molecule has 0 amide bonds. The summed E-state index contributed by atoms with van der Waals surface area (Å²) < 4.78 is 18.3. The van der Waals surface area contributed by atoms with Crippen LogP contribution in [-0.4, -0.2) is 24.3 Å². The van der Waals surface area contributed by atoms with Crippen LogP contribution < -0.4 is 0 Å². The smallest absolute Gasteiger partial charge is 0.123 e. The van der Waals surface area contributed by atoms with Crippen molar-refractivity contribution in [3.63, 3.8) is 0 Å². The third-order valence-corrected chi connectivity index (χ3v) is 4.15. The van der Waals surface area contributed by atoms with Crippen LogP contribution in [0.25, 0.3) is 0 Å². The first-order valence-electron chi connectivity index (χ1n) is 5.71. The average molecular weight is 261 g/mol. The highest BCUT2D eigenvalue weighted by Gasteiger charge is 2.32. The molecule has 0 spiro atoms. The fourth-order valence-electron chi connectivity index (χ4n) is 2.05. The van der Waals surface area contributed by atoms with Gasteiger partial charge in [-0.15, -0.1) is 0 Å². The molecule has 1 aliphatic carbocycles. The van der Waals surface area contributed by atoms with E-state index in [4.69, 9.17) is 4.74 Å². The summed E-state index contributed by atoms with van der Waals surface area (Å²) in [7, 11) is 1.69. The molecule has 18 heavy (non-hydrogen) atoms. The van der Waals surface area contributed by atoms with E-state index in [9.17, 15) is 4.39 Å². The number of aliphatic imine (C=N–C) groups is 1. The molecule has 0 aromatic heterocycles. The molecular formula is C14H12FNOS. The van der Waals surface area contributed by atoms with Gasteiger partial charge in [-0.25, -0.2) is 4.39 Å². The highest BCUT2D eigenvalue weighted by Crippen LogP contribution is 2.38. The number of allylic oxidation sites excluding steroid dienone is 2. The van der Waals surface area contributed by atoms with E-state index in [-0.39, 0.29) is 18.0 Å². The van der Waals surface area contributed by atoms with Gasteiger partial charge in [-0.2, -0.15) is 0 Å². The molecule has 3 rings (SSSR count). The van der Waals surface area contributed by atoms with Gasteiger partial charge in [-0.1, -0.05) is 30.0 Å². The fourth-order valence-corrected chi connectivity index (χ4v) is 3.15. The highest BCUT2D eigenvalue weighted by molar-refractivity contribution is 8.18. The Morgan fingerprint density at radius 2 is 2.06 bits per heavy atom. The molecule has 1 heterocycles. The van der Waals surface area contributed by atoms with E-state index < -0.39 is 0 Å². The molecule has 0 N–H and O–H groups in total. The lowest BCUT2D eigenvalue weighted by atomic mass is 10.1. The van der Waals surface area contributed by atoms with Gasteiger partial charge in [-0.05, 0) is 24.3 Å². The van der Waals surface area contributed by atoms with E-state index in [0.717, 1.165) is 10.6 Å². The van der Waals surface area contributed by atoms with Crippen LogP contribution in [0.15, 0.2) is 52.4 Å². The number of nitrogens with zero attached hydrogens (tertiary/aromatic N) is 1. The molecule has 1 aromatic carbocycles. The van der Waals surface area contributed by atoms with Gasteiger partial charge in [0.1, 0.15) is 23.0 Å². The molecule has 2 atom stereocenters. The molecule has 1 aliphatic heterocycles. The molecule has 2 aliphatic rings. The summed E-state index contributed by atoms with van der Waals surface area (Å²) in [6.07, 6.45) is 6.06. The average Bonchev–Trinajstić information content (AvgIpc) is 2.83. The number of halogens is 1. The molecule has 0 saturated heterocycles. The summed E-state index contributed by atoms with van der Waals surface area (Å²) in [5.41, 5.74) is 0.951. The lowest BCUT2D eigenvalue weighted by Crippen LogP contribution is -2.25. The topological polar surface area (TPSA) is 21.6 Å². The number of hydrogen-bond acceptors (Lipinski definition) is 3. The standard InChI is InChI=1S/C14H12FNOS/c1-17-11-3-2-4-12-13(11)16-14(18-12)9-5-7-10(15)8-6-9/h2-8,11,13H,1H3. The molecule has 92 valence electrons. The maximum Gasteiger partial charge on any atom is 0.123 e. The van der Waals surface area contributed by atoms with Crippen LogP contribution in [0.5, 0.6) is 0 Å². The number of methoxy groups -OCH3 is 1. The van der Waals surface area contributed by atoms with Crippen LogP contribution in [0.2, 0.25) is 0 Å². The van der Waals surface area contributed by atoms with E-state index in [1.807, 2.05) is 12.2 Å². The number of hydrogen-bond donors (Lipinski definition) is 0. The summed E-state index contributed by atoms with van der Waals surface area (Å²) >= 11 is 1.63. The summed E-state index contributed by atoms with van der Waals surface area (Å²) in [5.74, 6) is -0.226. The second kappa shape index (κ2) is 4.71. The third kappa shape index (κ3) is 2.02. The highest BCUT2D eigenvalue weighted by atomic mass is 32.2. The maximum atomic E-state index is 12.9. The number of benzene rings is 1. The predicted molar refractivity (Wildman–Crippen MR) is 72.3 cm³/mol. The minimum Gasteiger partial charge on any atom is -0.375 e. The summed E-state index contributed by atoms with van der Waals surface area (Å²) in [6, 6.07) is 6.48. The van der Waals surface area contributed by atoms with Crippen LogP contribution in [-0.2, 0) is 4.74 Å². The molecule has 0 bridgehead atoms. The third-order valence-electron chi connectivity index (χ3n) is 3.00. The van der Waals surface area contributed by atoms with Crippen molar-refractivity contribution in [1.29, 1.82) is 0 Å². The van der Waals surface area contributed by atoms with E-state index >= 15 is 0 Å². The first-order chi connectivity index (χ1) is 8.78. The second-order valence-corrected chi connectivity index (χ2v) is 5.20. The van der Waals surface area contributed by atoms with Crippen LogP contribution in [0.1, 0.15) is 5.56 Å². The van der Waals surface area contributed by atoms with Gasteiger partial charge in [-0.3, -0.25) is 4.99 Å². The van der Waals surface area contributed by atoms with Crippen LogP contribution >= 0.6 is 11.8 Å². The largest absolute Gasteiger partial charge is 0.375 e. The molecule has 2 unspecified atom stereocenters. The van der Waals surface area contributed by atoms with Crippen molar-refractivity contribution in [3.8, 4) is 0 Å². The Balaban J connectivity index is 1.90. The minimum atomic E-state index is -0.226. The van der Waals surface area contributed by atoms with Crippen molar-refractivity contribution >= 4 is 16.8 Å². The van der Waals surface area contributed by atoms with E-state index in [0.29, 0.717) is 0 Å². The monoisotopic (exact) mass is 261 g/mol. The molecule has 0 radical (unpaired) electrons. The number of fused-ring (bicyclic) bond motifs is 1. The van der Waals surface area contributed by atoms with Crippen molar-refractivity contribution in [3.05, 3.63) is 58.8 Å². The lowest BCUT2D eigenvalue weighted by Gasteiger charge is -2.19. The van der Waals surface area contributed by atoms with Gasteiger partial charge in [0.05, 0.1) is 0 Å². The number of ether oxygens (including phenoxy) is 1. The van der Waals surface area contributed by atoms with Crippen molar-refractivity contribution in [1.82, 2.24) is 0 Å². The maximum absolute atomic E-state index is 12.9. The summed E-state index contributed by atoms with van der Waals surface area (Å²) in [4.78, 5) is 5.86. The van der Waals surface area contributed by atoms with E-state index in [2.05, 4.69) is 11.1 Å². The number of thioether (sulfide) groups is 1. The van der Waals surface area contributed by atoms with Gasteiger partial charge in [0, 0.05) is 17.6 Å². The molecule has 2 nitrogen and oxygen atoms in total. The summed E-state index contributed by atoms with van der Waals surface area (Å²) in [6.45, 7) is 0. The molecular weight excluding hydrogens is 249 g/mol. The van der Waals surface area contributed by atoms with E-state index in [1.54, 1.807) is 31.0 Å². The molecule has 1 aromatic rings. The molecule has 0 saturated carbocycles. The zero-order chi connectivity index (χ0) is 12.5. The molecule has 0 fully saturated rings. The molecule has 4 heteroatoms. The van der Waals surface area contributed by atoms with Gasteiger partial charge in [0.15, 0.2) is 0 Å². The Kier molecular flexibility index (Phi) is 3.06. The first-order valence-corrected chi connectivity index (χ1v) is 6.52. The van der Waals surface area contributed by atoms with Crippen molar-refractivity contribution in [2.24, 2.45) is 4.99 Å². The van der Waals surface area contributed by atoms with Gasteiger partial charge < -0.3 is 4.74 Å². The van der Waals surface area contributed by atoms with Gasteiger partial charge in [0.2, 0.25) is 0 Å². The van der Waals surface area contributed by atoms with Crippen LogP contribution in [0.3, 0.4) is 0 Å². The Morgan fingerprint density at radius 3 is 2.78 bits per heavy atom. The van der Waals surface area contributed by atoms with Crippen molar-refractivity contribution < 1.29 is 9.13 Å². The first kappa shape index (κ1) is 11.7. The summed E-state index contributed by atoms with van der Waals surface area (Å²) in [5, 5.41) is 0.928. The van der Waals surface area contributed by atoms with Crippen molar-refractivity contribution in [2.45, 2.75) is 12.1 Å². The zero-order valence-electron chi connectivity index (χ0n) is 9.84.